The van der Waals surface area contributed by atoms with E-state index in [1.54, 1.807) is 6.26 Å². The maximum absolute atomic E-state index is 12.8. The molecule has 0 radical (unpaired) electrons. The summed E-state index contributed by atoms with van der Waals surface area (Å²) in [6.45, 7) is 5.34. The zero-order valence-corrected chi connectivity index (χ0v) is 20.6. The van der Waals surface area contributed by atoms with Gasteiger partial charge in [-0.05, 0) is 37.1 Å². The summed E-state index contributed by atoms with van der Waals surface area (Å²) >= 11 is 1.41. The Labute approximate surface area is 209 Å². The van der Waals surface area contributed by atoms with Gasteiger partial charge in [-0.15, -0.1) is 10.2 Å². The van der Waals surface area contributed by atoms with Gasteiger partial charge in [0.1, 0.15) is 5.76 Å². The molecule has 1 aliphatic heterocycles. The second-order valence-corrected chi connectivity index (χ2v) is 9.85. The molecule has 4 aromatic rings. The molecule has 0 saturated carbocycles. The number of likely N-dealkylation sites (tertiary alicyclic amines) is 1. The quantitative estimate of drug-likeness (QED) is 0.353. The van der Waals surface area contributed by atoms with Crippen LogP contribution < -0.4 is 5.32 Å². The van der Waals surface area contributed by atoms with Crippen molar-refractivity contribution in [2.24, 2.45) is 0 Å². The molecule has 1 saturated heterocycles. The lowest BCUT2D eigenvalue weighted by Crippen LogP contribution is -2.38. The third-order valence-corrected chi connectivity index (χ3v) is 7.07. The van der Waals surface area contributed by atoms with Crippen LogP contribution in [0.2, 0.25) is 0 Å². The summed E-state index contributed by atoms with van der Waals surface area (Å²) in [4.78, 5) is 15.2. The Kier molecular flexibility index (Phi) is 7.30. The summed E-state index contributed by atoms with van der Waals surface area (Å²) in [5, 5.41) is 12.8. The molecule has 1 unspecified atom stereocenters. The second kappa shape index (κ2) is 10.9. The number of rotatable bonds is 9. The van der Waals surface area contributed by atoms with E-state index in [1.807, 2.05) is 34.9 Å². The fourth-order valence-electron chi connectivity index (χ4n) is 4.43. The van der Waals surface area contributed by atoms with Crippen LogP contribution in [0.4, 0.5) is 0 Å². The topological polar surface area (TPSA) is 76.2 Å². The highest BCUT2D eigenvalue weighted by atomic mass is 32.2. The van der Waals surface area contributed by atoms with Crippen LogP contribution in [0.3, 0.4) is 0 Å². The van der Waals surface area contributed by atoms with Crippen LogP contribution in [0.25, 0.3) is 11.4 Å². The molecule has 3 heterocycles. The maximum Gasteiger partial charge on any atom is 0.230 e. The number of aromatic nitrogens is 3. The minimum Gasteiger partial charge on any atom is -0.467 e. The van der Waals surface area contributed by atoms with Crippen molar-refractivity contribution in [2.45, 2.75) is 37.6 Å². The summed E-state index contributed by atoms with van der Waals surface area (Å²) < 4.78 is 7.59. The van der Waals surface area contributed by atoms with Crippen molar-refractivity contribution in [3.8, 4) is 11.4 Å². The van der Waals surface area contributed by atoms with Gasteiger partial charge in [0.15, 0.2) is 11.0 Å². The van der Waals surface area contributed by atoms with E-state index in [4.69, 9.17) is 4.42 Å². The number of nitrogens with zero attached hydrogens (tertiary/aromatic N) is 4. The van der Waals surface area contributed by atoms with Crippen LogP contribution in [0.5, 0.6) is 0 Å². The molecule has 5 rings (SSSR count). The number of furan rings is 1. The van der Waals surface area contributed by atoms with E-state index in [-0.39, 0.29) is 11.9 Å². The SMILES string of the molecule is Cc1cccc(-c2nnc(SCC(=O)NC3CCN(Cc4ccccc4)C3)n2Cc2ccco2)c1. The minimum atomic E-state index is 0.0196. The predicted octanol–water partition coefficient (Wildman–Crippen LogP) is 4.38. The van der Waals surface area contributed by atoms with Gasteiger partial charge in [0.25, 0.3) is 0 Å². The van der Waals surface area contributed by atoms with E-state index in [2.05, 4.69) is 63.7 Å². The maximum atomic E-state index is 12.8. The van der Waals surface area contributed by atoms with Crippen LogP contribution in [0.1, 0.15) is 23.3 Å². The van der Waals surface area contributed by atoms with Gasteiger partial charge in [0, 0.05) is 31.2 Å². The van der Waals surface area contributed by atoms with Gasteiger partial charge in [-0.3, -0.25) is 14.3 Å². The molecule has 1 aliphatic rings. The number of thioether (sulfide) groups is 1. The van der Waals surface area contributed by atoms with Gasteiger partial charge in [0.05, 0.1) is 18.6 Å². The number of carbonyl (C=O) groups excluding carboxylic acids is 1. The fraction of sp³-hybridized carbons (Fsp3) is 0.296. The highest BCUT2D eigenvalue weighted by Gasteiger charge is 2.24. The van der Waals surface area contributed by atoms with Crippen LogP contribution >= 0.6 is 11.8 Å². The lowest BCUT2D eigenvalue weighted by atomic mass is 10.1. The van der Waals surface area contributed by atoms with Gasteiger partial charge < -0.3 is 9.73 Å². The van der Waals surface area contributed by atoms with Crippen LogP contribution in [0.15, 0.2) is 82.6 Å². The van der Waals surface area contributed by atoms with Gasteiger partial charge in [0.2, 0.25) is 5.91 Å². The number of nitrogens with one attached hydrogen (secondary N) is 1. The van der Waals surface area contributed by atoms with Gasteiger partial charge in [-0.2, -0.15) is 0 Å². The number of benzene rings is 2. The molecule has 2 aromatic heterocycles. The molecule has 35 heavy (non-hydrogen) atoms. The summed E-state index contributed by atoms with van der Waals surface area (Å²) in [5.41, 5.74) is 3.45. The molecule has 180 valence electrons. The third-order valence-electron chi connectivity index (χ3n) is 6.11. The Hall–Kier alpha value is -3.36. The lowest BCUT2D eigenvalue weighted by Gasteiger charge is -2.16. The molecule has 1 amide bonds. The van der Waals surface area contributed by atoms with Gasteiger partial charge in [-0.25, -0.2) is 0 Å². The van der Waals surface area contributed by atoms with E-state index >= 15 is 0 Å². The number of aryl methyl sites for hydroxylation is 1. The Morgan fingerprint density at radius 3 is 2.77 bits per heavy atom. The average Bonchev–Trinajstić information content (AvgIpc) is 3.61. The normalized spacial score (nSPS) is 16.0. The van der Waals surface area contributed by atoms with Crippen LogP contribution in [0, 0.1) is 6.92 Å². The summed E-state index contributed by atoms with van der Waals surface area (Å²) in [5.74, 6) is 1.89. The number of hydrogen-bond acceptors (Lipinski definition) is 6. The zero-order valence-electron chi connectivity index (χ0n) is 19.8. The van der Waals surface area contributed by atoms with Crippen molar-refractivity contribution in [3.05, 3.63) is 89.9 Å². The molecule has 1 atom stereocenters. The molecular formula is C27H29N5O2S. The minimum absolute atomic E-state index is 0.0196. The van der Waals surface area contributed by atoms with E-state index in [0.717, 1.165) is 48.8 Å². The van der Waals surface area contributed by atoms with E-state index in [1.165, 1.54) is 17.3 Å². The van der Waals surface area contributed by atoms with Crippen molar-refractivity contribution < 1.29 is 9.21 Å². The Bertz CT molecular complexity index is 1260. The number of carbonyl (C=O) groups is 1. The highest BCUT2D eigenvalue weighted by Crippen LogP contribution is 2.26. The van der Waals surface area contributed by atoms with Gasteiger partial charge >= 0.3 is 0 Å². The van der Waals surface area contributed by atoms with Crippen LogP contribution in [-0.4, -0.2) is 50.5 Å². The third kappa shape index (κ3) is 6.01. The van der Waals surface area contributed by atoms with Crippen molar-refractivity contribution in [3.63, 3.8) is 0 Å². The predicted molar refractivity (Wildman–Crippen MR) is 137 cm³/mol. The fourth-order valence-corrected chi connectivity index (χ4v) is 5.18. The Balaban J connectivity index is 1.21. The molecule has 1 fully saturated rings. The van der Waals surface area contributed by atoms with E-state index in [0.29, 0.717) is 17.5 Å². The smallest absolute Gasteiger partial charge is 0.230 e. The molecule has 0 bridgehead atoms. The molecule has 0 spiro atoms. The second-order valence-electron chi connectivity index (χ2n) is 8.90. The molecule has 0 aliphatic carbocycles. The molecule has 2 aromatic carbocycles. The summed E-state index contributed by atoms with van der Waals surface area (Å²) in [6, 6.07) is 22.6. The zero-order chi connectivity index (χ0) is 24.0. The monoisotopic (exact) mass is 487 g/mol. The first-order chi connectivity index (χ1) is 17.1. The Morgan fingerprint density at radius 1 is 1.09 bits per heavy atom. The summed E-state index contributed by atoms with van der Waals surface area (Å²) in [6.07, 6.45) is 2.63. The number of amides is 1. The highest BCUT2D eigenvalue weighted by molar-refractivity contribution is 7.99. The van der Waals surface area contributed by atoms with Gasteiger partial charge in [-0.1, -0.05) is 65.9 Å². The number of hydrogen-bond donors (Lipinski definition) is 1. The first-order valence-electron chi connectivity index (χ1n) is 11.8. The lowest BCUT2D eigenvalue weighted by molar-refractivity contribution is -0.119. The Morgan fingerprint density at radius 2 is 1.97 bits per heavy atom. The standard InChI is InChI=1S/C27H29N5O2S/c1-20-7-5-10-22(15-20)26-29-30-27(32(26)18-24-11-6-14-34-24)35-19-25(33)28-23-12-13-31(17-23)16-21-8-3-2-4-9-21/h2-11,14-15,23H,12-13,16-19H2,1H3,(H,28,33). The van der Waals surface area contributed by atoms with Crippen LogP contribution in [-0.2, 0) is 17.9 Å². The van der Waals surface area contributed by atoms with Crippen molar-refractivity contribution in [2.75, 3.05) is 18.8 Å². The average molecular weight is 488 g/mol. The van der Waals surface area contributed by atoms with E-state index < -0.39 is 0 Å². The van der Waals surface area contributed by atoms with Crippen molar-refractivity contribution in [1.82, 2.24) is 25.0 Å². The van der Waals surface area contributed by atoms with Crippen molar-refractivity contribution >= 4 is 17.7 Å². The first kappa shape index (κ1) is 23.4. The molecule has 1 N–H and O–H groups in total. The summed E-state index contributed by atoms with van der Waals surface area (Å²) in [7, 11) is 0. The molecular weight excluding hydrogens is 458 g/mol. The van der Waals surface area contributed by atoms with E-state index in [9.17, 15) is 4.79 Å². The first-order valence-corrected chi connectivity index (χ1v) is 12.8. The largest absolute Gasteiger partial charge is 0.467 e. The molecule has 7 nitrogen and oxygen atoms in total. The van der Waals surface area contributed by atoms with Crippen molar-refractivity contribution in [1.29, 1.82) is 0 Å². The molecule has 8 heteroatoms.